The molecular weight excluding hydrogens is 343 g/mol. The molecule has 27 heavy (non-hydrogen) atoms. The minimum Gasteiger partial charge on any atom is -0.395 e. The molecule has 3 atom stereocenters. The lowest BCUT2D eigenvalue weighted by Crippen LogP contribution is -2.65. The summed E-state index contributed by atoms with van der Waals surface area (Å²) < 4.78 is 13.1. The lowest BCUT2D eigenvalue weighted by atomic mass is 9.77. The average molecular weight is 370 g/mol. The summed E-state index contributed by atoms with van der Waals surface area (Å²) in [4.78, 5) is 13.8. The second-order valence-electron chi connectivity index (χ2n) is 7.48. The second-order valence-corrected chi connectivity index (χ2v) is 7.48. The Morgan fingerprint density at radius 1 is 1.07 bits per heavy atom. The van der Waals surface area contributed by atoms with Crippen LogP contribution in [0.15, 0.2) is 48.5 Å². The molecule has 1 aliphatic rings. The minimum atomic E-state index is -0.246. The molecule has 0 unspecified atom stereocenters. The number of amides is 1. The summed E-state index contributed by atoms with van der Waals surface area (Å²) in [7, 11) is 0. The van der Waals surface area contributed by atoms with E-state index in [2.05, 4.69) is 17.4 Å². The normalized spacial score (nSPS) is 21.8. The Morgan fingerprint density at radius 2 is 1.63 bits per heavy atom. The molecule has 1 heterocycles. The van der Waals surface area contributed by atoms with E-state index in [-0.39, 0.29) is 42.4 Å². The van der Waals surface area contributed by atoms with Gasteiger partial charge in [0.1, 0.15) is 5.82 Å². The summed E-state index contributed by atoms with van der Waals surface area (Å²) >= 11 is 0. The predicted molar refractivity (Wildman–Crippen MR) is 105 cm³/mol. The number of aliphatic hydroxyl groups is 1. The fourth-order valence-electron chi connectivity index (χ4n) is 3.90. The summed E-state index contributed by atoms with van der Waals surface area (Å²) in [6.45, 7) is 6.29. The first-order valence-corrected chi connectivity index (χ1v) is 9.40. The lowest BCUT2D eigenvalue weighted by Gasteiger charge is -2.48. The van der Waals surface area contributed by atoms with E-state index < -0.39 is 0 Å². The molecule has 0 aliphatic carbocycles. The van der Waals surface area contributed by atoms with Crippen molar-refractivity contribution in [2.45, 2.75) is 44.8 Å². The van der Waals surface area contributed by atoms with Crippen molar-refractivity contribution in [3.63, 3.8) is 0 Å². The number of nitrogens with one attached hydrogen (secondary N) is 1. The molecule has 144 valence electrons. The predicted octanol–water partition coefficient (Wildman–Crippen LogP) is 3.17. The van der Waals surface area contributed by atoms with Crippen LogP contribution in [0.25, 0.3) is 11.1 Å². The van der Waals surface area contributed by atoms with E-state index in [0.717, 1.165) is 16.7 Å². The standard InChI is InChI=1S/C22H27FN2O2/c1-14(2)25(15(3)27)12-20-22(21(13-26)24-20)18-6-4-16(5-7-18)17-8-10-19(23)11-9-17/h4-11,14,20-22,24,26H,12-13H2,1-3H3/t20-,21-,22+/m0/s1. The average Bonchev–Trinajstić information content (AvgIpc) is 2.62. The quantitative estimate of drug-likeness (QED) is 0.821. The van der Waals surface area contributed by atoms with E-state index in [4.69, 9.17) is 0 Å². The SMILES string of the molecule is CC(=O)N(C[C@@H]1N[C@@H](CO)[C@@H]1c1ccc(-c2ccc(F)cc2)cc1)C(C)C. The summed E-state index contributed by atoms with van der Waals surface area (Å²) in [5, 5.41) is 13.1. The highest BCUT2D eigenvalue weighted by Gasteiger charge is 2.42. The van der Waals surface area contributed by atoms with Crippen molar-refractivity contribution in [1.29, 1.82) is 0 Å². The molecule has 1 saturated heterocycles. The highest BCUT2D eigenvalue weighted by atomic mass is 19.1. The molecule has 0 radical (unpaired) electrons. The van der Waals surface area contributed by atoms with Gasteiger partial charge in [-0.3, -0.25) is 4.79 Å². The highest BCUT2D eigenvalue weighted by molar-refractivity contribution is 5.73. The Kier molecular flexibility index (Phi) is 5.92. The van der Waals surface area contributed by atoms with Gasteiger partial charge in [0.25, 0.3) is 0 Å². The molecule has 4 nitrogen and oxygen atoms in total. The van der Waals surface area contributed by atoms with Crippen LogP contribution < -0.4 is 5.32 Å². The number of carbonyl (C=O) groups excluding carboxylic acids is 1. The number of benzene rings is 2. The maximum Gasteiger partial charge on any atom is 0.219 e. The summed E-state index contributed by atoms with van der Waals surface area (Å²) in [6.07, 6.45) is 0. The van der Waals surface area contributed by atoms with Gasteiger partial charge >= 0.3 is 0 Å². The van der Waals surface area contributed by atoms with E-state index >= 15 is 0 Å². The maximum absolute atomic E-state index is 13.1. The van der Waals surface area contributed by atoms with Crippen LogP contribution in [0.1, 0.15) is 32.3 Å². The largest absolute Gasteiger partial charge is 0.395 e. The van der Waals surface area contributed by atoms with Crippen molar-refractivity contribution in [3.05, 3.63) is 59.9 Å². The van der Waals surface area contributed by atoms with E-state index in [1.807, 2.05) is 30.9 Å². The van der Waals surface area contributed by atoms with Crippen LogP contribution in [0.5, 0.6) is 0 Å². The first-order chi connectivity index (χ1) is 12.9. The zero-order chi connectivity index (χ0) is 19.6. The van der Waals surface area contributed by atoms with Gasteiger partial charge in [0.2, 0.25) is 5.91 Å². The van der Waals surface area contributed by atoms with Gasteiger partial charge in [-0.25, -0.2) is 4.39 Å². The van der Waals surface area contributed by atoms with Crippen molar-refractivity contribution >= 4 is 5.91 Å². The molecular formula is C22H27FN2O2. The number of hydrogen-bond acceptors (Lipinski definition) is 3. The smallest absolute Gasteiger partial charge is 0.219 e. The maximum atomic E-state index is 13.1. The molecule has 1 fully saturated rings. The van der Waals surface area contributed by atoms with Crippen LogP contribution in [0, 0.1) is 5.82 Å². The number of halogens is 1. The highest BCUT2D eigenvalue weighted by Crippen LogP contribution is 2.34. The topological polar surface area (TPSA) is 52.6 Å². The van der Waals surface area contributed by atoms with Crippen LogP contribution in [-0.4, -0.2) is 47.2 Å². The Morgan fingerprint density at radius 3 is 2.11 bits per heavy atom. The molecule has 2 aromatic rings. The third-order valence-corrected chi connectivity index (χ3v) is 5.39. The van der Waals surface area contributed by atoms with Crippen LogP contribution >= 0.6 is 0 Å². The fourth-order valence-corrected chi connectivity index (χ4v) is 3.90. The number of hydrogen-bond donors (Lipinski definition) is 2. The lowest BCUT2D eigenvalue weighted by molar-refractivity contribution is -0.131. The Hall–Kier alpha value is -2.24. The molecule has 1 amide bonds. The van der Waals surface area contributed by atoms with Gasteiger partial charge in [-0.1, -0.05) is 36.4 Å². The molecule has 0 spiro atoms. The summed E-state index contributed by atoms with van der Waals surface area (Å²) in [6, 6.07) is 14.9. The molecule has 1 aliphatic heterocycles. The van der Waals surface area contributed by atoms with Crippen molar-refractivity contribution in [1.82, 2.24) is 10.2 Å². The van der Waals surface area contributed by atoms with E-state index in [1.165, 1.54) is 12.1 Å². The van der Waals surface area contributed by atoms with Crippen molar-refractivity contribution < 1.29 is 14.3 Å². The van der Waals surface area contributed by atoms with E-state index in [0.29, 0.717) is 6.54 Å². The van der Waals surface area contributed by atoms with E-state index in [9.17, 15) is 14.3 Å². The van der Waals surface area contributed by atoms with Crippen LogP contribution in [0.2, 0.25) is 0 Å². The summed E-state index contributed by atoms with van der Waals surface area (Å²) in [5.74, 6) is -0.0350. The zero-order valence-corrected chi connectivity index (χ0v) is 16.0. The number of rotatable bonds is 6. The van der Waals surface area contributed by atoms with Gasteiger partial charge in [-0.15, -0.1) is 0 Å². The first kappa shape index (κ1) is 19.5. The van der Waals surface area contributed by atoms with Crippen molar-refractivity contribution in [3.8, 4) is 11.1 Å². The fraction of sp³-hybridized carbons (Fsp3) is 0.409. The van der Waals surface area contributed by atoms with Gasteiger partial charge in [0.15, 0.2) is 0 Å². The van der Waals surface area contributed by atoms with Gasteiger partial charge in [0, 0.05) is 37.5 Å². The third kappa shape index (κ3) is 4.20. The molecule has 0 bridgehead atoms. The number of aliphatic hydroxyl groups excluding tert-OH is 1. The van der Waals surface area contributed by atoms with Gasteiger partial charge in [-0.05, 0) is 42.7 Å². The van der Waals surface area contributed by atoms with Gasteiger partial charge < -0.3 is 15.3 Å². The van der Waals surface area contributed by atoms with Gasteiger partial charge in [-0.2, -0.15) is 0 Å². The second kappa shape index (κ2) is 8.19. The number of nitrogens with zero attached hydrogens (tertiary/aromatic N) is 1. The Balaban J connectivity index is 1.77. The molecule has 2 N–H and O–H groups in total. The Bertz CT molecular complexity index is 774. The number of carbonyl (C=O) groups is 1. The first-order valence-electron chi connectivity index (χ1n) is 9.40. The summed E-state index contributed by atoms with van der Waals surface area (Å²) in [5.41, 5.74) is 3.12. The van der Waals surface area contributed by atoms with Crippen LogP contribution in [0.3, 0.4) is 0 Å². The molecule has 0 saturated carbocycles. The zero-order valence-electron chi connectivity index (χ0n) is 16.0. The Labute approximate surface area is 160 Å². The van der Waals surface area contributed by atoms with Crippen LogP contribution in [0.4, 0.5) is 4.39 Å². The molecule has 2 aromatic carbocycles. The molecule has 3 rings (SSSR count). The van der Waals surface area contributed by atoms with Gasteiger partial charge in [0.05, 0.1) is 6.61 Å². The van der Waals surface area contributed by atoms with Crippen molar-refractivity contribution in [2.75, 3.05) is 13.2 Å². The molecule has 5 heteroatoms. The molecule has 0 aromatic heterocycles. The van der Waals surface area contributed by atoms with Crippen molar-refractivity contribution in [2.24, 2.45) is 0 Å². The third-order valence-electron chi connectivity index (χ3n) is 5.39. The minimum absolute atomic E-state index is 0.00681. The van der Waals surface area contributed by atoms with Crippen LogP contribution in [-0.2, 0) is 4.79 Å². The van der Waals surface area contributed by atoms with E-state index in [1.54, 1.807) is 19.1 Å². The monoisotopic (exact) mass is 370 g/mol.